The summed E-state index contributed by atoms with van der Waals surface area (Å²) in [6, 6.07) is 0. The minimum Gasteiger partial charge on any atom is -0.241 e. The van der Waals surface area contributed by atoms with E-state index >= 15 is 0 Å². The molecule has 0 N–H and O–H groups in total. The Morgan fingerprint density at radius 2 is 2.10 bits per heavy atom. The first-order valence-corrected chi connectivity index (χ1v) is 3.30. The lowest BCUT2D eigenvalue weighted by molar-refractivity contribution is 0.937. The molecule has 0 saturated heterocycles. The maximum Gasteiger partial charge on any atom is 0.127 e. The molecule has 0 radical (unpaired) electrons. The highest BCUT2D eigenvalue weighted by Gasteiger charge is 1.89. The zero-order valence-corrected chi connectivity index (χ0v) is 6.04. The second kappa shape index (κ2) is 3.11. The van der Waals surface area contributed by atoms with E-state index in [1.807, 2.05) is 6.92 Å². The molecule has 0 bridgehead atoms. The van der Waals surface area contributed by atoms with E-state index in [0.29, 0.717) is 0 Å². The summed E-state index contributed by atoms with van der Waals surface area (Å²) in [5, 5.41) is 0. The monoisotopic (exact) mass is 134 g/mol. The van der Waals surface area contributed by atoms with Crippen LogP contribution in [0, 0.1) is 0 Å². The van der Waals surface area contributed by atoms with Gasteiger partial charge < -0.3 is 0 Å². The summed E-state index contributed by atoms with van der Waals surface area (Å²) in [5.41, 5.74) is 0.970. The van der Waals surface area contributed by atoms with E-state index in [4.69, 9.17) is 0 Å². The molecular formula is C8H10N2. The van der Waals surface area contributed by atoms with Crippen molar-refractivity contribution in [2.45, 2.75) is 13.3 Å². The predicted molar refractivity (Wildman–Crippen MR) is 41.5 cm³/mol. The van der Waals surface area contributed by atoms with Crippen LogP contribution in [0.4, 0.5) is 0 Å². The highest BCUT2D eigenvalue weighted by molar-refractivity contribution is 5.43. The first kappa shape index (κ1) is 6.93. The molecule has 0 aliphatic rings. The van der Waals surface area contributed by atoms with Crippen LogP contribution < -0.4 is 0 Å². The van der Waals surface area contributed by atoms with Crippen LogP contribution >= 0.6 is 0 Å². The third-order valence-electron chi connectivity index (χ3n) is 1.28. The van der Waals surface area contributed by atoms with E-state index in [2.05, 4.69) is 16.5 Å². The van der Waals surface area contributed by atoms with E-state index in [9.17, 15) is 0 Å². The number of rotatable bonds is 2. The van der Waals surface area contributed by atoms with Crippen LogP contribution in [0.2, 0.25) is 0 Å². The van der Waals surface area contributed by atoms with Crippen LogP contribution in [-0.2, 0) is 6.42 Å². The molecule has 1 aromatic rings. The Bertz CT molecular complexity index is 213. The molecule has 1 aromatic heterocycles. The van der Waals surface area contributed by atoms with Crippen molar-refractivity contribution in [2.24, 2.45) is 0 Å². The second-order valence-electron chi connectivity index (χ2n) is 1.99. The van der Waals surface area contributed by atoms with Crippen molar-refractivity contribution >= 4 is 6.08 Å². The molecule has 0 spiro atoms. The topological polar surface area (TPSA) is 25.8 Å². The van der Waals surface area contributed by atoms with Crippen LogP contribution in [0.15, 0.2) is 19.0 Å². The van der Waals surface area contributed by atoms with Crippen LogP contribution in [0.1, 0.15) is 18.3 Å². The number of aryl methyl sites for hydroxylation is 1. The van der Waals surface area contributed by atoms with Gasteiger partial charge in [0.05, 0.1) is 0 Å². The van der Waals surface area contributed by atoms with Gasteiger partial charge in [0.15, 0.2) is 0 Å². The first-order valence-electron chi connectivity index (χ1n) is 3.30. The molecule has 0 aliphatic heterocycles. The number of nitrogens with zero attached hydrogens (tertiary/aromatic N) is 2. The Labute approximate surface area is 60.6 Å². The zero-order valence-electron chi connectivity index (χ0n) is 6.04. The van der Waals surface area contributed by atoms with Crippen LogP contribution in [0.25, 0.3) is 6.08 Å². The maximum absolute atomic E-state index is 4.09. The summed E-state index contributed by atoms with van der Waals surface area (Å²) in [6.07, 6.45) is 6.18. The van der Waals surface area contributed by atoms with E-state index in [-0.39, 0.29) is 0 Å². The number of hydrogen-bond acceptors (Lipinski definition) is 2. The standard InChI is InChI=1S/C8H10N2/c1-3-7-5-9-8(4-2)10-6-7/h3,5-6H,1,4H2,2H3. The Kier molecular flexibility index (Phi) is 2.15. The van der Waals surface area contributed by atoms with Crippen molar-refractivity contribution in [2.75, 3.05) is 0 Å². The van der Waals surface area contributed by atoms with Crippen molar-refractivity contribution in [3.05, 3.63) is 30.4 Å². The average molecular weight is 134 g/mol. The van der Waals surface area contributed by atoms with Gasteiger partial charge in [0, 0.05) is 24.4 Å². The molecular weight excluding hydrogens is 124 g/mol. The molecule has 52 valence electrons. The van der Waals surface area contributed by atoms with Gasteiger partial charge in [0.2, 0.25) is 0 Å². The van der Waals surface area contributed by atoms with E-state index in [0.717, 1.165) is 17.8 Å². The lowest BCUT2D eigenvalue weighted by Crippen LogP contribution is -1.90. The Hall–Kier alpha value is -1.18. The molecule has 1 rings (SSSR count). The highest BCUT2D eigenvalue weighted by atomic mass is 14.8. The lowest BCUT2D eigenvalue weighted by atomic mass is 10.3. The summed E-state index contributed by atoms with van der Waals surface area (Å²) >= 11 is 0. The normalized spacial score (nSPS) is 9.30. The van der Waals surface area contributed by atoms with Crippen LogP contribution in [0.5, 0.6) is 0 Å². The molecule has 0 unspecified atom stereocenters. The smallest absolute Gasteiger partial charge is 0.127 e. The van der Waals surface area contributed by atoms with Gasteiger partial charge in [-0.15, -0.1) is 0 Å². The fraction of sp³-hybridized carbons (Fsp3) is 0.250. The summed E-state index contributed by atoms with van der Waals surface area (Å²) in [7, 11) is 0. The molecule has 2 heteroatoms. The van der Waals surface area contributed by atoms with Gasteiger partial charge in [0.1, 0.15) is 5.82 Å². The van der Waals surface area contributed by atoms with E-state index in [1.54, 1.807) is 18.5 Å². The molecule has 2 nitrogen and oxygen atoms in total. The predicted octanol–water partition coefficient (Wildman–Crippen LogP) is 1.68. The summed E-state index contributed by atoms with van der Waals surface area (Å²) in [6.45, 7) is 5.64. The minimum atomic E-state index is 0.880. The molecule has 0 fully saturated rings. The number of hydrogen-bond donors (Lipinski definition) is 0. The van der Waals surface area contributed by atoms with E-state index in [1.165, 1.54) is 0 Å². The fourth-order valence-electron chi connectivity index (χ4n) is 0.653. The van der Waals surface area contributed by atoms with Crippen LogP contribution in [-0.4, -0.2) is 9.97 Å². The minimum absolute atomic E-state index is 0.880. The lowest BCUT2D eigenvalue weighted by Gasteiger charge is -1.93. The van der Waals surface area contributed by atoms with Gasteiger partial charge in [-0.25, -0.2) is 9.97 Å². The average Bonchev–Trinajstić information content (AvgIpc) is 2.05. The van der Waals surface area contributed by atoms with Crippen LogP contribution in [0.3, 0.4) is 0 Å². The second-order valence-corrected chi connectivity index (χ2v) is 1.99. The third kappa shape index (κ3) is 1.41. The van der Waals surface area contributed by atoms with Crippen molar-refractivity contribution in [1.29, 1.82) is 0 Å². The largest absolute Gasteiger partial charge is 0.241 e. The molecule has 0 amide bonds. The molecule has 0 saturated carbocycles. The molecule has 10 heavy (non-hydrogen) atoms. The van der Waals surface area contributed by atoms with Gasteiger partial charge in [-0.3, -0.25) is 0 Å². The van der Waals surface area contributed by atoms with Crippen molar-refractivity contribution in [3.63, 3.8) is 0 Å². The summed E-state index contributed by atoms with van der Waals surface area (Å²) in [4.78, 5) is 8.17. The Balaban J connectivity index is 2.90. The maximum atomic E-state index is 4.09. The first-order chi connectivity index (χ1) is 4.86. The summed E-state index contributed by atoms with van der Waals surface area (Å²) in [5.74, 6) is 0.880. The molecule has 0 aliphatic carbocycles. The van der Waals surface area contributed by atoms with Gasteiger partial charge in [0.25, 0.3) is 0 Å². The van der Waals surface area contributed by atoms with Crippen molar-refractivity contribution in [3.8, 4) is 0 Å². The Morgan fingerprint density at radius 1 is 1.50 bits per heavy atom. The molecule has 1 heterocycles. The SMILES string of the molecule is C=Cc1cnc(CC)nc1. The zero-order chi connectivity index (χ0) is 7.40. The van der Waals surface area contributed by atoms with Crippen molar-refractivity contribution in [1.82, 2.24) is 9.97 Å². The highest BCUT2D eigenvalue weighted by Crippen LogP contribution is 1.96. The quantitative estimate of drug-likeness (QED) is 0.615. The molecule has 0 atom stereocenters. The Morgan fingerprint density at radius 3 is 2.50 bits per heavy atom. The summed E-state index contributed by atoms with van der Waals surface area (Å²) < 4.78 is 0. The molecule has 0 aromatic carbocycles. The van der Waals surface area contributed by atoms with Gasteiger partial charge in [-0.1, -0.05) is 19.6 Å². The van der Waals surface area contributed by atoms with Crippen molar-refractivity contribution < 1.29 is 0 Å². The van der Waals surface area contributed by atoms with Gasteiger partial charge in [-0.2, -0.15) is 0 Å². The fourth-order valence-corrected chi connectivity index (χ4v) is 0.653. The van der Waals surface area contributed by atoms with Gasteiger partial charge >= 0.3 is 0 Å². The third-order valence-corrected chi connectivity index (χ3v) is 1.28. The van der Waals surface area contributed by atoms with E-state index < -0.39 is 0 Å². The number of aromatic nitrogens is 2. The van der Waals surface area contributed by atoms with Gasteiger partial charge in [-0.05, 0) is 0 Å².